The summed E-state index contributed by atoms with van der Waals surface area (Å²) in [6, 6.07) is 14.5. The van der Waals surface area contributed by atoms with E-state index >= 15 is 0 Å². The molecule has 0 saturated heterocycles. The maximum absolute atomic E-state index is 4.39. The largest absolute Gasteiger partial charge is 0.339 e. The number of thioether (sulfide) groups is 1. The summed E-state index contributed by atoms with van der Waals surface area (Å²) in [7, 11) is 0. The third kappa shape index (κ3) is 2.08. The zero-order valence-electron chi connectivity index (χ0n) is 11.9. The van der Waals surface area contributed by atoms with Crippen molar-refractivity contribution >= 4 is 45.1 Å². The third-order valence-corrected chi connectivity index (χ3v) is 4.24. The van der Waals surface area contributed by atoms with Gasteiger partial charge in [0.2, 0.25) is 0 Å². The van der Waals surface area contributed by atoms with Crippen molar-refractivity contribution in [1.82, 2.24) is 20.2 Å². The van der Waals surface area contributed by atoms with E-state index in [0.717, 1.165) is 33.0 Å². The number of rotatable bonds is 3. The second-order valence-electron chi connectivity index (χ2n) is 4.83. The SMILES string of the molecule is CSc1n[nH]c2ncnc(Nc3cccc4ccccc34)c12. The van der Waals surface area contributed by atoms with Crippen LogP contribution in [0.2, 0.25) is 0 Å². The molecule has 0 bridgehead atoms. The van der Waals surface area contributed by atoms with E-state index < -0.39 is 0 Å². The molecule has 6 heteroatoms. The Morgan fingerprint density at radius 3 is 2.82 bits per heavy atom. The molecular weight excluding hydrogens is 294 g/mol. The lowest BCUT2D eigenvalue weighted by Gasteiger charge is -2.10. The number of hydrogen-bond acceptors (Lipinski definition) is 5. The Balaban J connectivity index is 1.88. The van der Waals surface area contributed by atoms with E-state index in [4.69, 9.17) is 0 Å². The highest BCUT2D eigenvalue weighted by Gasteiger charge is 2.13. The van der Waals surface area contributed by atoms with Gasteiger partial charge in [-0.05, 0) is 17.7 Å². The summed E-state index contributed by atoms with van der Waals surface area (Å²) < 4.78 is 0. The minimum absolute atomic E-state index is 0.738. The highest BCUT2D eigenvalue weighted by atomic mass is 32.2. The second kappa shape index (κ2) is 5.31. The molecular formula is C16H13N5S. The van der Waals surface area contributed by atoms with Crippen LogP contribution in [0.4, 0.5) is 11.5 Å². The molecule has 0 amide bonds. The fourth-order valence-corrected chi connectivity index (χ4v) is 3.07. The number of anilines is 2. The van der Waals surface area contributed by atoms with Crippen LogP contribution in [-0.4, -0.2) is 26.4 Å². The number of aromatic amines is 1. The van der Waals surface area contributed by atoms with E-state index in [-0.39, 0.29) is 0 Å². The van der Waals surface area contributed by atoms with Gasteiger partial charge in [-0.15, -0.1) is 11.8 Å². The maximum Gasteiger partial charge on any atom is 0.161 e. The van der Waals surface area contributed by atoms with Crippen molar-refractivity contribution in [2.24, 2.45) is 0 Å². The van der Waals surface area contributed by atoms with Crippen LogP contribution in [0.1, 0.15) is 0 Å². The molecule has 2 aromatic heterocycles. The van der Waals surface area contributed by atoms with Crippen LogP contribution in [0, 0.1) is 0 Å². The Kier molecular flexibility index (Phi) is 3.16. The molecule has 0 fully saturated rings. The highest BCUT2D eigenvalue weighted by Crippen LogP contribution is 2.31. The van der Waals surface area contributed by atoms with E-state index in [0.29, 0.717) is 0 Å². The molecule has 4 aromatic rings. The van der Waals surface area contributed by atoms with Gasteiger partial charge in [-0.1, -0.05) is 36.4 Å². The van der Waals surface area contributed by atoms with Crippen LogP contribution in [-0.2, 0) is 0 Å². The van der Waals surface area contributed by atoms with E-state index in [2.05, 4.69) is 49.7 Å². The summed E-state index contributed by atoms with van der Waals surface area (Å²) in [5, 5.41) is 14.8. The first-order valence-corrected chi connectivity index (χ1v) is 8.07. The van der Waals surface area contributed by atoms with Crippen LogP contribution in [0.3, 0.4) is 0 Å². The fourth-order valence-electron chi connectivity index (χ4n) is 2.54. The molecule has 2 N–H and O–H groups in total. The van der Waals surface area contributed by atoms with Gasteiger partial charge in [0, 0.05) is 11.1 Å². The molecule has 0 spiro atoms. The summed E-state index contributed by atoms with van der Waals surface area (Å²) in [6.45, 7) is 0. The number of nitrogens with zero attached hydrogens (tertiary/aromatic N) is 3. The van der Waals surface area contributed by atoms with Crippen LogP contribution in [0.15, 0.2) is 53.8 Å². The molecule has 108 valence electrons. The van der Waals surface area contributed by atoms with Gasteiger partial charge in [0.15, 0.2) is 5.65 Å². The molecule has 0 aliphatic carbocycles. The van der Waals surface area contributed by atoms with Crippen molar-refractivity contribution in [1.29, 1.82) is 0 Å². The summed E-state index contributed by atoms with van der Waals surface area (Å²) >= 11 is 1.57. The zero-order chi connectivity index (χ0) is 14.9. The number of hydrogen-bond donors (Lipinski definition) is 2. The number of benzene rings is 2. The van der Waals surface area contributed by atoms with Crippen molar-refractivity contribution in [2.75, 3.05) is 11.6 Å². The van der Waals surface area contributed by atoms with Crippen molar-refractivity contribution < 1.29 is 0 Å². The normalized spacial score (nSPS) is 11.1. The smallest absolute Gasteiger partial charge is 0.161 e. The van der Waals surface area contributed by atoms with E-state index in [9.17, 15) is 0 Å². The first-order chi connectivity index (χ1) is 10.9. The predicted octanol–water partition coefficient (Wildman–Crippen LogP) is 3.97. The summed E-state index contributed by atoms with van der Waals surface area (Å²) in [6.07, 6.45) is 3.53. The lowest BCUT2D eigenvalue weighted by molar-refractivity contribution is 1.02. The minimum Gasteiger partial charge on any atom is -0.339 e. The molecule has 2 aromatic carbocycles. The highest BCUT2D eigenvalue weighted by molar-refractivity contribution is 7.98. The summed E-state index contributed by atoms with van der Waals surface area (Å²) in [5.74, 6) is 0.763. The monoisotopic (exact) mass is 307 g/mol. The zero-order valence-corrected chi connectivity index (χ0v) is 12.7. The lowest BCUT2D eigenvalue weighted by atomic mass is 10.1. The number of nitrogens with one attached hydrogen (secondary N) is 2. The first-order valence-electron chi connectivity index (χ1n) is 6.84. The molecule has 2 heterocycles. The van der Waals surface area contributed by atoms with Gasteiger partial charge in [0.05, 0.1) is 5.39 Å². The molecule has 0 aliphatic rings. The average molecular weight is 307 g/mol. The first kappa shape index (κ1) is 13.1. The topological polar surface area (TPSA) is 66.5 Å². The Labute approximate surface area is 131 Å². The Morgan fingerprint density at radius 1 is 1.05 bits per heavy atom. The van der Waals surface area contributed by atoms with Gasteiger partial charge in [-0.2, -0.15) is 5.10 Å². The molecule has 0 unspecified atom stereocenters. The predicted molar refractivity (Wildman–Crippen MR) is 90.7 cm³/mol. The molecule has 22 heavy (non-hydrogen) atoms. The minimum atomic E-state index is 0.738. The molecule has 0 atom stereocenters. The van der Waals surface area contributed by atoms with Gasteiger partial charge in [0.1, 0.15) is 17.2 Å². The Bertz CT molecular complexity index is 958. The van der Waals surface area contributed by atoms with Crippen molar-refractivity contribution in [3.05, 3.63) is 48.8 Å². The van der Waals surface area contributed by atoms with Gasteiger partial charge in [-0.3, -0.25) is 5.10 Å². The van der Waals surface area contributed by atoms with Crippen LogP contribution < -0.4 is 5.32 Å². The van der Waals surface area contributed by atoms with Gasteiger partial charge < -0.3 is 5.32 Å². The van der Waals surface area contributed by atoms with Crippen LogP contribution >= 0.6 is 11.8 Å². The molecule has 0 radical (unpaired) electrons. The van der Waals surface area contributed by atoms with E-state index in [1.807, 2.05) is 24.5 Å². The van der Waals surface area contributed by atoms with Gasteiger partial charge >= 0.3 is 0 Å². The van der Waals surface area contributed by atoms with Crippen LogP contribution in [0.25, 0.3) is 21.8 Å². The van der Waals surface area contributed by atoms with Crippen molar-refractivity contribution in [3.63, 3.8) is 0 Å². The fraction of sp³-hybridized carbons (Fsp3) is 0.0625. The molecule has 5 nitrogen and oxygen atoms in total. The summed E-state index contributed by atoms with van der Waals surface area (Å²) in [4.78, 5) is 8.63. The van der Waals surface area contributed by atoms with E-state index in [1.165, 1.54) is 11.7 Å². The van der Waals surface area contributed by atoms with E-state index in [1.54, 1.807) is 11.8 Å². The summed E-state index contributed by atoms with van der Waals surface area (Å²) in [5.41, 5.74) is 1.76. The van der Waals surface area contributed by atoms with Crippen molar-refractivity contribution in [2.45, 2.75) is 5.03 Å². The Morgan fingerprint density at radius 2 is 1.91 bits per heavy atom. The number of H-pyrrole nitrogens is 1. The van der Waals surface area contributed by atoms with Crippen LogP contribution in [0.5, 0.6) is 0 Å². The molecule has 4 rings (SSSR count). The van der Waals surface area contributed by atoms with Crippen molar-refractivity contribution in [3.8, 4) is 0 Å². The average Bonchev–Trinajstić information content (AvgIpc) is 2.99. The standard InChI is InChI=1S/C16H13N5S/c1-22-16-13-14(17-9-18-15(13)20-21-16)19-12-8-4-6-10-5-2-3-7-11(10)12/h2-9H,1H3,(H2,17,18,19,20,21). The molecule has 0 aliphatic heterocycles. The van der Waals surface area contributed by atoms with Gasteiger partial charge in [-0.25, -0.2) is 9.97 Å². The maximum atomic E-state index is 4.39. The Hall–Kier alpha value is -2.60. The number of aromatic nitrogens is 4. The number of fused-ring (bicyclic) bond motifs is 2. The van der Waals surface area contributed by atoms with Gasteiger partial charge in [0.25, 0.3) is 0 Å². The lowest BCUT2D eigenvalue weighted by Crippen LogP contribution is -1.96. The second-order valence-corrected chi connectivity index (χ2v) is 5.63. The quantitative estimate of drug-likeness (QED) is 0.561. The molecule has 0 saturated carbocycles. The third-order valence-electron chi connectivity index (χ3n) is 3.56.